The first kappa shape index (κ1) is 27.6. The van der Waals surface area contributed by atoms with E-state index < -0.39 is 24.3 Å². The van der Waals surface area contributed by atoms with Gasteiger partial charge in [-0.15, -0.1) is 0 Å². The molecule has 3 N–H and O–H groups in total. The number of anilines is 1. The van der Waals surface area contributed by atoms with Gasteiger partial charge in [-0.3, -0.25) is 10.1 Å². The maximum absolute atomic E-state index is 12.8. The molecule has 0 saturated heterocycles. The Morgan fingerprint density at radius 1 is 1.06 bits per heavy atom. The van der Waals surface area contributed by atoms with Gasteiger partial charge in [0.1, 0.15) is 12.4 Å². The number of aliphatic carboxylic acids is 1. The third kappa shape index (κ3) is 9.60. The molecule has 0 aliphatic rings. The number of amides is 1. The van der Waals surface area contributed by atoms with E-state index >= 15 is 0 Å². The van der Waals surface area contributed by atoms with Crippen LogP contribution in [0.15, 0.2) is 60.7 Å². The Labute approximate surface area is 204 Å². The first-order valence-electron chi connectivity index (χ1n) is 11.3. The van der Waals surface area contributed by atoms with E-state index in [9.17, 15) is 14.4 Å². The highest BCUT2D eigenvalue weighted by Crippen LogP contribution is 2.29. The molecule has 2 rings (SSSR count). The molecule has 0 fully saturated rings. The third-order valence-corrected chi connectivity index (χ3v) is 4.94. The maximum Gasteiger partial charge on any atom is 0.412 e. The van der Waals surface area contributed by atoms with Crippen molar-refractivity contribution in [3.8, 4) is 5.75 Å². The van der Waals surface area contributed by atoms with Gasteiger partial charge in [-0.05, 0) is 68.7 Å². The average molecular weight is 486 g/mol. The Morgan fingerprint density at radius 2 is 1.74 bits per heavy atom. The smallest absolute Gasteiger partial charge is 0.412 e. The van der Waals surface area contributed by atoms with Crippen LogP contribution in [0.5, 0.6) is 5.75 Å². The molecule has 0 aromatic heterocycles. The Morgan fingerprint density at radius 3 is 2.31 bits per heavy atom. The number of hydrogen-bond acceptors (Lipinski definition) is 7. The zero-order valence-corrected chi connectivity index (χ0v) is 19.8. The van der Waals surface area contributed by atoms with Gasteiger partial charge in [0.15, 0.2) is 11.9 Å². The van der Waals surface area contributed by atoms with Crippen LogP contribution in [0.4, 0.5) is 10.5 Å². The molecule has 0 heterocycles. The van der Waals surface area contributed by atoms with Crippen LogP contribution in [0.2, 0.25) is 0 Å². The second kappa shape index (κ2) is 14.5. The second-order valence-electron chi connectivity index (χ2n) is 7.54. The van der Waals surface area contributed by atoms with Crippen molar-refractivity contribution in [2.24, 2.45) is 0 Å². The summed E-state index contributed by atoms with van der Waals surface area (Å²) in [6.07, 6.45) is 1.34. The van der Waals surface area contributed by atoms with Crippen molar-refractivity contribution in [2.75, 3.05) is 25.1 Å². The molecule has 0 aliphatic carbocycles. The monoisotopic (exact) mass is 485 g/mol. The molecule has 0 spiro atoms. The second-order valence-corrected chi connectivity index (χ2v) is 7.54. The summed E-state index contributed by atoms with van der Waals surface area (Å²) in [6.45, 7) is 3.68. The maximum atomic E-state index is 12.8. The number of nitrogens with one attached hydrogen (secondary N) is 1. The van der Waals surface area contributed by atoms with E-state index in [1.807, 2.05) is 6.92 Å². The molecule has 2 aromatic carbocycles. The van der Waals surface area contributed by atoms with Crippen LogP contribution in [0, 0.1) is 0 Å². The van der Waals surface area contributed by atoms with E-state index in [0.29, 0.717) is 42.0 Å². The number of carbonyl (C=O) groups is 3. The van der Waals surface area contributed by atoms with Gasteiger partial charge < -0.3 is 24.4 Å². The average Bonchev–Trinajstić information content (AvgIpc) is 2.84. The van der Waals surface area contributed by atoms with E-state index in [4.69, 9.17) is 24.4 Å². The van der Waals surface area contributed by atoms with Crippen molar-refractivity contribution in [2.45, 2.75) is 38.9 Å². The fourth-order valence-corrected chi connectivity index (χ4v) is 3.31. The number of carboxylic acid groups (broad SMARTS) is 1. The number of aliphatic hydroxyl groups is 1. The fourth-order valence-electron chi connectivity index (χ4n) is 3.31. The van der Waals surface area contributed by atoms with E-state index in [1.165, 1.54) is 13.0 Å². The Balaban J connectivity index is 2.22. The minimum atomic E-state index is -1.04. The van der Waals surface area contributed by atoms with Crippen LogP contribution in [0.25, 0.3) is 0 Å². The fraction of sp³-hybridized carbons (Fsp3) is 0.346. The summed E-state index contributed by atoms with van der Waals surface area (Å²) in [4.78, 5) is 35.0. The molecule has 1 amide bonds. The molecule has 188 valence electrons. The molecule has 35 heavy (non-hydrogen) atoms. The number of carboxylic acids is 1. The minimum absolute atomic E-state index is 0.0814. The van der Waals surface area contributed by atoms with Crippen molar-refractivity contribution in [3.63, 3.8) is 0 Å². The summed E-state index contributed by atoms with van der Waals surface area (Å²) in [5.74, 6) is -0.574. The van der Waals surface area contributed by atoms with E-state index in [-0.39, 0.29) is 19.0 Å². The standard InChI is InChI=1S/C26H31NO8/c1-3-33-23(6-4-5-7-24(30)31)25(20-10-14-22(15-11-20)34-17-16-28)35-26(32)27-21-12-8-19(9-13-21)18(2)29/h5,7-15,23,25,28H,3-4,6,16-17H2,1-2H3,(H,27,32)(H,30,31)/b7-5+/t23-,25-/m1/s1. The van der Waals surface area contributed by atoms with Crippen LogP contribution in [0.1, 0.15) is 48.7 Å². The molecular weight excluding hydrogens is 454 g/mol. The summed E-state index contributed by atoms with van der Waals surface area (Å²) < 4.78 is 17.0. The van der Waals surface area contributed by atoms with Crippen molar-refractivity contribution < 1.29 is 38.8 Å². The first-order chi connectivity index (χ1) is 16.8. The summed E-state index contributed by atoms with van der Waals surface area (Å²) >= 11 is 0. The lowest BCUT2D eigenvalue weighted by Gasteiger charge is -2.27. The number of ether oxygens (including phenoxy) is 3. The normalized spacial score (nSPS) is 12.7. The van der Waals surface area contributed by atoms with Crippen LogP contribution in [0.3, 0.4) is 0 Å². The van der Waals surface area contributed by atoms with Crippen LogP contribution in [-0.4, -0.2) is 54.0 Å². The minimum Gasteiger partial charge on any atom is -0.491 e. The topological polar surface area (TPSA) is 131 Å². The molecule has 2 aromatic rings. The number of rotatable bonds is 14. The SMILES string of the molecule is CCO[C@H](CC/C=C/C(=O)O)[C@H](OC(=O)Nc1ccc(C(C)=O)cc1)c1ccc(OCCO)cc1. The van der Waals surface area contributed by atoms with Gasteiger partial charge in [-0.1, -0.05) is 18.2 Å². The van der Waals surface area contributed by atoms with E-state index in [0.717, 1.165) is 6.08 Å². The Hall–Kier alpha value is -3.69. The molecule has 0 radical (unpaired) electrons. The molecule has 2 atom stereocenters. The highest BCUT2D eigenvalue weighted by molar-refractivity contribution is 5.95. The largest absolute Gasteiger partial charge is 0.491 e. The number of aliphatic hydroxyl groups excluding tert-OH is 1. The molecular formula is C26H31NO8. The van der Waals surface area contributed by atoms with Gasteiger partial charge in [-0.2, -0.15) is 0 Å². The predicted octanol–water partition coefficient (Wildman–Crippen LogP) is 4.38. The molecule has 0 aliphatic heterocycles. The van der Waals surface area contributed by atoms with Gasteiger partial charge in [0.25, 0.3) is 0 Å². The van der Waals surface area contributed by atoms with Gasteiger partial charge in [0.2, 0.25) is 0 Å². The lowest BCUT2D eigenvalue weighted by atomic mass is 10.00. The number of Topliss-reactive ketones (excluding diaryl/α,β-unsaturated/α-hetero) is 1. The predicted molar refractivity (Wildman–Crippen MR) is 130 cm³/mol. The quantitative estimate of drug-likeness (QED) is 0.265. The number of hydrogen-bond donors (Lipinski definition) is 3. The highest BCUT2D eigenvalue weighted by Gasteiger charge is 2.27. The molecule has 0 unspecified atom stereocenters. The molecule has 0 bridgehead atoms. The van der Waals surface area contributed by atoms with Crippen LogP contribution in [-0.2, 0) is 14.3 Å². The summed E-state index contributed by atoms with van der Waals surface area (Å²) in [5, 5.41) is 20.4. The lowest BCUT2D eigenvalue weighted by Crippen LogP contribution is -2.29. The van der Waals surface area contributed by atoms with Crippen molar-refractivity contribution in [1.29, 1.82) is 0 Å². The summed E-state index contributed by atoms with van der Waals surface area (Å²) in [7, 11) is 0. The molecule has 9 nitrogen and oxygen atoms in total. The zero-order chi connectivity index (χ0) is 25.6. The third-order valence-electron chi connectivity index (χ3n) is 4.94. The van der Waals surface area contributed by atoms with Crippen molar-refractivity contribution in [3.05, 3.63) is 71.8 Å². The number of ketones is 1. The van der Waals surface area contributed by atoms with Crippen LogP contribution >= 0.6 is 0 Å². The number of allylic oxidation sites excluding steroid dienone is 1. The van der Waals surface area contributed by atoms with Gasteiger partial charge in [-0.25, -0.2) is 9.59 Å². The van der Waals surface area contributed by atoms with Crippen molar-refractivity contribution in [1.82, 2.24) is 0 Å². The highest BCUT2D eigenvalue weighted by atomic mass is 16.6. The van der Waals surface area contributed by atoms with Gasteiger partial charge >= 0.3 is 12.1 Å². The van der Waals surface area contributed by atoms with Gasteiger partial charge in [0.05, 0.1) is 12.7 Å². The Bertz CT molecular complexity index is 985. The lowest BCUT2D eigenvalue weighted by molar-refractivity contribution is -0.131. The number of benzene rings is 2. The van der Waals surface area contributed by atoms with Crippen LogP contribution < -0.4 is 10.1 Å². The van der Waals surface area contributed by atoms with E-state index in [1.54, 1.807) is 48.5 Å². The summed E-state index contributed by atoms with van der Waals surface area (Å²) in [6, 6.07) is 13.3. The van der Waals surface area contributed by atoms with Crippen molar-refractivity contribution >= 4 is 23.5 Å². The first-order valence-corrected chi connectivity index (χ1v) is 11.3. The van der Waals surface area contributed by atoms with Gasteiger partial charge in [0, 0.05) is 23.9 Å². The van der Waals surface area contributed by atoms with E-state index in [2.05, 4.69) is 5.32 Å². The Kier molecular flexibility index (Phi) is 11.5. The molecule has 9 heteroatoms. The summed E-state index contributed by atoms with van der Waals surface area (Å²) in [5.41, 5.74) is 1.64. The number of carbonyl (C=O) groups excluding carboxylic acids is 2. The molecule has 0 saturated carbocycles. The zero-order valence-electron chi connectivity index (χ0n) is 19.8.